The third-order valence-electron chi connectivity index (χ3n) is 5.27. The molecule has 25 heavy (non-hydrogen) atoms. The summed E-state index contributed by atoms with van der Waals surface area (Å²) in [6, 6.07) is 0. The zero-order valence-electron chi connectivity index (χ0n) is 14.6. The van der Waals surface area contributed by atoms with E-state index in [-0.39, 0.29) is 6.61 Å². The van der Waals surface area contributed by atoms with Gasteiger partial charge in [0.05, 0.1) is 18.7 Å². The van der Waals surface area contributed by atoms with E-state index in [9.17, 15) is 13.2 Å². The van der Waals surface area contributed by atoms with Crippen LogP contribution in [0.25, 0.3) is 0 Å². The molecule has 0 amide bonds. The molecule has 2 heterocycles. The van der Waals surface area contributed by atoms with Crippen molar-refractivity contribution in [2.75, 3.05) is 26.2 Å². The Morgan fingerprint density at radius 3 is 2.64 bits per heavy atom. The van der Waals surface area contributed by atoms with Gasteiger partial charge in [-0.05, 0) is 25.3 Å². The molecule has 3 nitrogen and oxygen atoms in total. The molecule has 0 bridgehead atoms. The Balaban J connectivity index is 1.42. The van der Waals surface area contributed by atoms with Crippen molar-refractivity contribution in [1.29, 1.82) is 0 Å². The summed E-state index contributed by atoms with van der Waals surface area (Å²) in [5.41, 5.74) is 1.02. The van der Waals surface area contributed by atoms with Gasteiger partial charge >= 0.3 is 6.18 Å². The van der Waals surface area contributed by atoms with Gasteiger partial charge in [0.25, 0.3) is 5.19 Å². The van der Waals surface area contributed by atoms with E-state index in [2.05, 4.69) is 9.88 Å². The molecular formula is C18H27F3N2OS. The highest BCUT2D eigenvalue weighted by Crippen LogP contribution is 2.30. The molecule has 1 aromatic rings. The molecule has 142 valence electrons. The first-order valence-electron chi connectivity index (χ1n) is 9.40. The molecule has 1 aromatic heterocycles. The quantitative estimate of drug-likeness (QED) is 0.710. The Kier molecular flexibility index (Phi) is 6.61. The highest BCUT2D eigenvalue weighted by molar-refractivity contribution is 7.13. The van der Waals surface area contributed by atoms with Crippen LogP contribution in [0.1, 0.15) is 55.5 Å². The van der Waals surface area contributed by atoms with E-state index in [0.29, 0.717) is 5.19 Å². The van der Waals surface area contributed by atoms with Gasteiger partial charge in [-0.25, -0.2) is 4.98 Å². The van der Waals surface area contributed by atoms with E-state index >= 15 is 0 Å². The number of hydrogen-bond donors (Lipinski definition) is 0. The third kappa shape index (κ3) is 6.13. The average Bonchev–Trinajstić information content (AvgIpc) is 2.86. The molecule has 0 saturated heterocycles. The lowest BCUT2D eigenvalue weighted by atomic mass is 9.87. The summed E-state index contributed by atoms with van der Waals surface area (Å²) in [4.78, 5) is 8.12. The molecule has 0 atom stereocenters. The van der Waals surface area contributed by atoms with Crippen molar-refractivity contribution in [3.63, 3.8) is 0 Å². The fourth-order valence-corrected chi connectivity index (χ4v) is 4.73. The summed E-state index contributed by atoms with van der Waals surface area (Å²) in [5.74, 6) is 0.901. The first-order valence-corrected chi connectivity index (χ1v) is 10.2. The van der Waals surface area contributed by atoms with Gasteiger partial charge in [0.1, 0.15) is 0 Å². The van der Waals surface area contributed by atoms with E-state index in [1.807, 2.05) is 0 Å². The van der Waals surface area contributed by atoms with Crippen LogP contribution >= 0.6 is 11.3 Å². The number of rotatable bonds is 6. The molecule has 0 radical (unpaired) electrons. The van der Waals surface area contributed by atoms with Gasteiger partial charge in [0.15, 0.2) is 0 Å². The van der Waals surface area contributed by atoms with Crippen LogP contribution in [-0.4, -0.2) is 42.3 Å². The van der Waals surface area contributed by atoms with Gasteiger partial charge in [-0.3, -0.25) is 0 Å². The van der Waals surface area contributed by atoms with Crippen LogP contribution < -0.4 is 4.74 Å². The smallest absolute Gasteiger partial charge is 0.392 e. The predicted octanol–water partition coefficient (Wildman–Crippen LogP) is 4.85. The summed E-state index contributed by atoms with van der Waals surface area (Å²) in [7, 11) is 0. The van der Waals surface area contributed by atoms with Gasteiger partial charge in [-0.1, -0.05) is 43.4 Å². The van der Waals surface area contributed by atoms with E-state index in [1.54, 1.807) is 0 Å². The molecule has 1 fully saturated rings. The van der Waals surface area contributed by atoms with Crippen LogP contribution in [0.5, 0.6) is 5.19 Å². The SMILES string of the molecule is FC(F)(F)CCOc1nc2c(s1)CCN(CCC1CCCCC1)CC2. The van der Waals surface area contributed by atoms with Crippen molar-refractivity contribution >= 4 is 11.3 Å². The Morgan fingerprint density at radius 2 is 1.88 bits per heavy atom. The van der Waals surface area contributed by atoms with Crippen LogP contribution in [-0.2, 0) is 12.8 Å². The van der Waals surface area contributed by atoms with Gasteiger partial charge in [-0.15, -0.1) is 0 Å². The van der Waals surface area contributed by atoms with Gasteiger partial charge in [-0.2, -0.15) is 13.2 Å². The fourth-order valence-electron chi connectivity index (χ4n) is 3.77. The molecule has 1 aliphatic carbocycles. The second-order valence-corrected chi connectivity index (χ2v) is 8.24. The van der Waals surface area contributed by atoms with E-state index in [1.165, 1.54) is 54.7 Å². The van der Waals surface area contributed by atoms with E-state index in [0.717, 1.165) is 44.1 Å². The van der Waals surface area contributed by atoms with Crippen LogP contribution in [0.3, 0.4) is 0 Å². The van der Waals surface area contributed by atoms with Crippen molar-refractivity contribution < 1.29 is 17.9 Å². The summed E-state index contributed by atoms with van der Waals surface area (Å²) in [5, 5.41) is 0.393. The van der Waals surface area contributed by atoms with Crippen molar-refractivity contribution in [2.24, 2.45) is 5.92 Å². The predicted molar refractivity (Wildman–Crippen MR) is 93.3 cm³/mol. The Bertz CT molecular complexity index is 515. The number of halogens is 3. The molecule has 1 aliphatic heterocycles. The topological polar surface area (TPSA) is 25.4 Å². The number of hydrogen-bond acceptors (Lipinski definition) is 4. The lowest BCUT2D eigenvalue weighted by Crippen LogP contribution is -2.29. The number of fused-ring (bicyclic) bond motifs is 1. The maximum Gasteiger partial charge on any atom is 0.392 e. The second kappa shape index (κ2) is 8.71. The summed E-state index contributed by atoms with van der Waals surface area (Å²) in [6.07, 6.45) is 4.97. The molecule has 7 heteroatoms. The zero-order chi connectivity index (χ0) is 17.7. The average molecular weight is 376 g/mol. The Morgan fingerprint density at radius 1 is 1.12 bits per heavy atom. The third-order valence-corrected chi connectivity index (χ3v) is 6.34. The molecule has 3 rings (SSSR count). The minimum Gasteiger partial charge on any atom is -0.470 e. The van der Waals surface area contributed by atoms with Crippen molar-refractivity contribution in [3.05, 3.63) is 10.6 Å². The van der Waals surface area contributed by atoms with Crippen molar-refractivity contribution in [3.8, 4) is 5.19 Å². The Labute approximate surface area is 151 Å². The largest absolute Gasteiger partial charge is 0.470 e. The van der Waals surface area contributed by atoms with Crippen molar-refractivity contribution in [2.45, 2.75) is 64.0 Å². The molecule has 2 aliphatic rings. The summed E-state index contributed by atoms with van der Waals surface area (Å²) < 4.78 is 41.8. The molecule has 0 spiro atoms. The molecule has 0 unspecified atom stereocenters. The number of ether oxygens (including phenoxy) is 1. The van der Waals surface area contributed by atoms with Gasteiger partial charge in [0, 0.05) is 24.4 Å². The lowest BCUT2D eigenvalue weighted by molar-refractivity contribution is -0.139. The fraction of sp³-hybridized carbons (Fsp3) is 0.833. The number of aromatic nitrogens is 1. The highest BCUT2D eigenvalue weighted by Gasteiger charge is 2.27. The van der Waals surface area contributed by atoms with Crippen LogP contribution in [0, 0.1) is 5.92 Å². The molecule has 1 saturated carbocycles. The first-order chi connectivity index (χ1) is 12.0. The zero-order valence-corrected chi connectivity index (χ0v) is 15.4. The van der Waals surface area contributed by atoms with Gasteiger partial charge < -0.3 is 9.64 Å². The van der Waals surface area contributed by atoms with Gasteiger partial charge in [0.2, 0.25) is 0 Å². The summed E-state index contributed by atoms with van der Waals surface area (Å²) >= 11 is 1.42. The second-order valence-electron chi connectivity index (χ2n) is 7.20. The number of nitrogens with zero attached hydrogens (tertiary/aromatic N) is 2. The van der Waals surface area contributed by atoms with Crippen molar-refractivity contribution in [1.82, 2.24) is 9.88 Å². The number of thiazole rings is 1. The van der Waals surface area contributed by atoms with E-state index < -0.39 is 12.6 Å². The van der Waals surface area contributed by atoms with E-state index in [4.69, 9.17) is 4.74 Å². The lowest BCUT2D eigenvalue weighted by Gasteiger charge is -2.26. The van der Waals surface area contributed by atoms with Crippen LogP contribution in [0.15, 0.2) is 0 Å². The minimum absolute atomic E-state index is 0.344. The molecule has 0 aromatic carbocycles. The monoisotopic (exact) mass is 376 g/mol. The minimum atomic E-state index is -4.17. The normalized spacial score (nSPS) is 20.3. The maximum absolute atomic E-state index is 12.2. The van der Waals surface area contributed by atoms with Crippen LogP contribution in [0.4, 0.5) is 13.2 Å². The van der Waals surface area contributed by atoms with Crippen LogP contribution in [0.2, 0.25) is 0 Å². The Hall–Kier alpha value is -0.820. The first kappa shape index (κ1) is 19.0. The number of alkyl halides is 3. The molecule has 0 N–H and O–H groups in total. The molecular weight excluding hydrogens is 349 g/mol. The summed E-state index contributed by atoms with van der Waals surface area (Å²) in [6.45, 7) is 2.83. The highest BCUT2D eigenvalue weighted by atomic mass is 32.1. The standard InChI is InChI=1S/C18H27F3N2OS/c19-18(20,21)9-13-24-17-22-15-7-11-23(12-8-16(15)25-17)10-6-14-4-2-1-3-5-14/h14H,1-13H2. The maximum atomic E-state index is 12.2.